The van der Waals surface area contributed by atoms with Crippen LogP contribution < -0.4 is 0 Å². The molecule has 6 nitrogen and oxygen atoms in total. The van der Waals surface area contributed by atoms with Gasteiger partial charge in [-0.25, -0.2) is 0 Å². The molecule has 1 aliphatic heterocycles. The quantitative estimate of drug-likeness (QED) is 0.438. The molecule has 0 N–H and O–H groups in total. The van der Waals surface area contributed by atoms with Crippen molar-refractivity contribution in [3.8, 4) is 11.3 Å². The second-order valence-electron chi connectivity index (χ2n) is 6.31. The maximum Gasteiger partial charge on any atom is 0.290 e. The fraction of sp³-hybridized carbons (Fsp3) is 0.211. The summed E-state index contributed by atoms with van der Waals surface area (Å²) in [5.41, 5.74) is 1.60. The van der Waals surface area contributed by atoms with E-state index in [0.717, 1.165) is 6.42 Å². The van der Waals surface area contributed by atoms with Gasteiger partial charge in [0.05, 0.1) is 16.0 Å². The molecule has 0 saturated heterocycles. The SMILES string of the molecule is C[C@H]1c2ccsc2CCN1C(=O)c1ccc(-c2ccc([N+](=O)[O-])cc2Cl)o1. The Morgan fingerprint density at radius 2 is 2.15 bits per heavy atom. The van der Waals surface area contributed by atoms with Crippen molar-refractivity contribution in [1.29, 1.82) is 0 Å². The Bertz CT molecular complexity index is 1040. The number of carbonyl (C=O) groups is 1. The van der Waals surface area contributed by atoms with E-state index in [4.69, 9.17) is 16.0 Å². The smallest absolute Gasteiger partial charge is 0.290 e. The number of amides is 1. The molecule has 3 heterocycles. The molecule has 8 heteroatoms. The first-order valence-corrected chi connectivity index (χ1v) is 9.63. The highest BCUT2D eigenvalue weighted by Crippen LogP contribution is 2.35. The lowest BCUT2D eigenvalue weighted by Crippen LogP contribution is -2.38. The zero-order valence-electron chi connectivity index (χ0n) is 14.3. The van der Waals surface area contributed by atoms with Crippen molar-refractivity contribution in [2.75, 3.05) is 6.54 Å². The third-order valence-electron chi connectivity index (χ3n) is 4.78. The summed E-state index contributed by atoms with van der Waals surface area (Å²) in [5, 5.41) is 13.1. The zero-order chi connectivity index (χ0) is 19.1. The molecule has 1 atom stereocenters. The molecule has 2 aromatic heterocycles. The number of fused-ring (bicyclic) bond motifs is 1. The van der Waals surface area contributed by atoms with E-state index in [0.29, 0.717) is 17.9 Å². The second-order valence-corrected chi connectivity index (χ2v) is 7.72. The molecule has 3 aromatic rings. The standard InChI is InChI=1S/C19H15ClN2O4S/c1-11-13-7-9-27-18(13)6-8-21(11)19(23)17-5-4-16(26-17)14-3-2-12(22(24)25)10-15(14)20/h2-5,7,9-11H,6,8H2,1H3/t11-/m0/s1. The van der Waals surface area contributed by atoms with Gasteiger partial charge >= 0.3 is 0 Å². The number of benzene rings is 1. The molecule has 0 aliphatic carbocycles. The minimum atomic E-state index is -0.511. The Morgan fingerprint density at radius 1 is 1.33 bits per heavy atom. The van der Waals surface area contributed by atoms with E-state index in [1.807, 2.05) is 6.92 Å². The number of halogens is 1. The monoisotopic (exact) mass is 402 g/mol. The summed E-state index contributed by atoms with van der Waals surface area (Å²) >= 11 is 7.87. The van der Waals surface area contributed by atoms with E-state index in [1.165, 1.54) is 28.6 Å². The molecule has 0 radical (unpaired) electrons. The van der Waals surface area contributed by atoms with Gasteiger partial charge in [0.2, 0.25) is 0 Å². The zero-order valence-corrected chi connectivity index (χ0v) is 15.9. The van der Waals surface area contributed by atoms with Crippen LogP contribution in [0.3, 0.4) is 0 Å². The number of carbonyl (C=O) groups excluding carboxylic acids is 1. The van der Waals surface area contributed by atoms with Crippen LogP contribution in [-0.4, -0.2) is 22.3 Å². The molecule has 1 aliphatic rings. The minimum absolute atomic E-state index is 0.0102. The van der Waals surface area contributed by atoms with Crippen LogP contribution in [0.1, 0.15) is 34.0 Å². The highest BCUT2D eigenvalue weighted by atomic mass is 35.5. The van der Waals surface area contributed by atoms with Crippen molar-refractivity contribution in [2.24, 2.45) is 0 Å². The summed E-state index contributed by atoms with van der Waals surface area (Å²) in [6.45, 7) is 2.65. The first kappa shape index (κ1) is 17.8. The number of hydrogen-bond acceptors (Lipinski definition) is 5. The van der Waals surface area contributed by atoms with Gasteiger partial charge in [-0.2, -0.15) is 0 Å². The molecule has 0 fully saturated rings. The first-order chi connectivity index (χ1) is 13.0. The number of nitro groups is 1. The van der Waals surface area contributed by atoms with Crippen LogP contribution in [0.2, 0.25) is 5.02 Å². The van der Waals surface area contributed by atoms with Gasteiger partial charge in [-0.05, 0) is 48.6 Å². The maximum atomic E-state index is 12.9. The fourth-order valence-electron chi connectivity index (χ4n) is 3.34. The van der Waals surface area contributed by atoms with Gasteiger partial charge in [0, 0.05) is 29.1 Å². The van der Waals surface area contributed by atoms with Crippen LogP contribution in [-0.2, 0) is 6.42 Å². The number of rotatable bonds is 3. The van der Waals surface area contributed by atoms with Crippen LogP contribution in [0.4, 0.5) is 5.69 Å². The average Bonchev–Trinajstić information content (AvgIpc) is 3.31. The van der Waals surface area contributed by atoms with Crippen molar-refractivity contribution in [3.05, 3.63) is 73.1 Å². The lowest BCUT2D eigenvalue weighted by molar-refractivity contribution is -0.384. The van der Waals surface area contributed by atoms with Crippen LogP contribution in [0.15, 0.2) is 46.2 Å². The third kappa shape index (κ3) is 3.13. The lowest BCUT2D eigenvalue weighted by Gasteiger charge is -2.33. The van der Waals surface area contributed by atoms with Gasteiger partial charge in [0.15, 0.2) is 5.76 Å². The van der Waals surface area contributed by atoms with Crippen molar-refractivity contribution in [2.45, 2.75) is 19.4 Å². The summed E-state index contributed by atoms with van der Waals surface area (Å²) in [6.07, 6.45) is 0.838. The lowest BCUT2D eigenvalue weighted by atomic mass is 10.0. The van der Waals surface area contributed by atoms with Crippen LogP contribution >= 0.6 is 22.9 Å². The summed E-state index contributed by atoms with van der Waals surface area (Å²) < 4.78 is 5.74. The molecular weight excluding hydrogens is 388 g/mol. The Hall–Kier alpha value is -2.64. The second kappa shape index (κ2) is 6.83. The van der Waals surface area contributed by atoms with Crippen molar-refractivity contribution < 1.29 is 14.1 Å². The van der Waals surface area contributed by atoms with E-state index in [1.54, 1.807) is 28.4 Å². The van der Waals surface area contributed by atoms with E-state index in [9.17, 15) is 14.9 Å². The molecule has 1 amide bonds. The molecule has 0 spiro atoms. The Balaban J connectivity index is 1.60. The summed E-state index contributed by atoms with van der Waals surface area (Å²) in [7, 11) is 0. The topological polar surface area (TPSA) is 76.6 Å². The van der Waals surface area contributed by atoms with Crippen LogP contribution in [0.5, 0.6) is 0 Å². The molecular formula is C19H15ClN2O4S. The van der Waals surface area contributed by atoms with Crippen LogP contribution in [0, 0.1) is 10.1 Å². The number of non-ortho nitro benzene ring substituents is 1. The van der Waals surface area contributed by atoms with E-state index in [2.05, 4.69) is 11.4 Å². The summed E-state index contributed by atoms with van der Waals surface area (Å²) in [4.78, 5) is 26.4. The number of nitro benzene ring substituents is 1. The van der Waals surface area contributed by atoms with Gasteiger partial charge < -0.3 is 9.32 Å². The fourth-order valence-corrected chi connectivity index (χ4v) is 4.57. The Labute approximate surface area is 164 Å². The van der Waals surface area contributed by atoms with Gasteiger partial charge in [-0.1, -0.05) is 11.6 Å². The van der Waals surface area contributed by atoms with Crippen molar-refractivity contribution in [1.82, 2.24) is 4.90 Å². The van der Waals surface area contributed by atoms with Crippen LogP contribution in [0.25, 0.3) is 11.3 Å². The highest BCUT2D eigenvalue weighted by molar-refractivity contribution is 7.10. The number of hydrogen-bond donors (Lipinski definition) is 0. The minimum Gasteiger partial charge on any atom is -0.451 e. The third-order valence-corrected chi connectivity index (χ3v) is 6.09. The van der Waals surface area contributed by atoms with E-state index >= 15 is 0 Å². The molecule has 27 heavy (non-hydrogen) atoms. The average molecular weight is 403 g/mol. The molecule has 138 valence electrons. The van der Waals surface area contributed by atoms with E-state index in [-0.39, 0.29) is 28.4 Å². The van der Waals surface area contributed by atoms with Crippen molar-refractivity contribution in [3.63, 3.8) is 0 Å². The van der Waals surface area contributed by atoms with Gasteiger partial charge in [-0.15, -0.1) is 11.3 Å². The molecule has 0 saturated carbocycles. The van der Waals surface area contributed by atoms with Gasteiger partial charge in [0.25, 0.3) is 11.6 Å². The molecule has 1 aromatic carbocycles. The number of nitrogens with zero attached hydrogens (tertiary/aromatic N) is 2. The normalized spacial score (nSPS) is 16.2. The number of furan rings is 1. The predicted octanol–water partition coefficient (Wildman–Crippen LogP) is 5.33. The van der Waals surface area contributed by atoms with Gasteiger partial charge in [-0.3, -0.25) is 14.9 Å². The Kier molecular flexibility index (Phi) is 4.49. The van der Waals surface area contributed by atoms with Crippen molar-refractivity contribution >= 4 is 34.5 Å². The van der Waals surface area contributed by atoms with Gasteiger partial charge in [0.1, 0.15) is 5.76 Å². The number of thiophene rings is 1. The summed E-state index contributed by atoms with van der Waals surface area (Å²) in [6, 6.07) is 9.48. The molecule has 4 rings (SSSR count). The molecule has 0 unspecified atom stereocenters. The summed E-state index contributed by atoms with van der Waals surface area (Å²) in [5.74, 6) is 0.452. The highest BCUT2D eigenvalue weighted by Gasteiger charge is 2.30. The first-order valence-electron chi connectivity index (χ1n) is 8.37. The largest absolute Gasteiger partial charge is 0.451 e. The predicted molar refractivity (Wildman–Crippen MR) is 103 cm³/mol. The maximum absolute atomic E-state index is 12.9. The molecule has 0 bridgehead atoms. The van der Waals surface area contributed by atoms with E-state index < -0.39 is 4.92 Å². The Morgan fingerprint density at radius 3 is 2.89 bits per heavy atom.